The van der Waals surface area contributed by atoms with Crippen molar-refractivity contribution in [3.8, 4) is 0 Å². The third kappa shape index (κ3) is 3.11. The Morgan fingerprint density at radius 3 is 2.63 bits per heavy atom. The first kappa shape index (κ1) is 14.8. The zero-order valence-corrected chi connectivity index (χ0v) is 12.0. The van der Waals surface area contributed by atoms with Gasteiger partial charge < -0.3 is 10.2 Å². The molecule has 4 nitrogen and oxygen atoms in total. The fraction of sp³-hybridized carbons (Fsp3) is 0.933. The van der Waals surface area contributed by atoms with Crippen LogP contribution >= 0.6 is 0 Å². The van der Waals surface area contributed by atoms with Gasteiger partial charge in [-0.3, -0.25) is 9.69 Å². The van der Waals surface area contributed by atoms with Crippen LogP contribution in [0.1, 0.15) is 58.3 Å². The summed E-state index contributed by atoms with van der Waals surface area (Å²) >= 11 is 0. The molecule has 2 rings (SSSR count). The Balaban J connectivity index is 1.91. The van der Waals surface area contributed by atoms with Gasteiger partial charge in [0.2, 0.25) is 0 Å². The van der Waals surface area contributed by atoms with E-state index in [4.69, 9.17) is 0 Å². The molecule has 1 saturated heterocycles. The molecule has 2 fully saturated rings. The first-order valence-electron chi connectivity index (χ1n) is 7.75. The summed E-state index contributed by atoms with van der Waals surface area (Å²) in [5, 5.41) is 19.8. The predicted molar refractivity (Wildman–Crippen MR) is 74.0 cm³/mol. The number of rotatable bonds is 6. The quantitative estimate of drug-likeness (QED) is 0.776. The molecule has 2 unspecified atom stereocenters. The summed E-state index contributed by atoms with van der Waals surface area (Å²) in [5.74, 6) is -0.0703. The SMILES string of the molecule is CCC1(C(=O)O)CCCN1CC(O)CC1CCCC1. The summed E-state index contributed by atoms with van der Waals surface area (Å²) in [6.45, 7) is 3.27. The molecule has 0 amide bonds. The van der Waals surface area contributed by atoms with Gasteiger partial charge in [-0.1, -0.05) is 32.6 Å². The second-order valence-electron chi connectivity index (χ2n) is 6.28. The Bertz CT molecular complexity index is 315. The van der Waals surface area contributed by atoms with Crippen LogP contribution in [0.25, 0.3) is 0 Å². The lowest BCUT2D eigenvalue weighted by atomic mass is 9.92. The van der Waals surface area contributed by atoms with Gasteiger partial charge in [0.15, 0.2) is 0 Å². The predicted octanol–water partition coefficient (Wildman–Crippen LogP) is 2.26. The molecule has 2 N–H and O–H groups in total. The van der Waals surface area contributed by atoms with E-state index in [9.17, 15) is 15.0 Å². The van der Waals surface area contributed by atoms with Gasteiger partial charge in [0.05, 0.1) is 6.10 Å². The average Bonchev–Trinajstić information content (AvgIpc) is 2.98. The van der Waals surface area contributed by atoms with Crippen LogP contribution in [0.4, 0.5) is 0 Å². The molecule has 0 bridgehead atoms. The highest BCUT2D eigenvalue weighted by Crippen LogP contribution is 2.34. The summed E-state index contributed by atoms with van der Waals surface area (Å²) < 4.78 is 0. The van der Waals surface area contributed by atoms with Crippen molar-refractivity contribution in [2.75, 3.05) is 13.1 Å². The number of nitrogens with zero attached hydrogens (tertiary/aromatic N) is 1. The Morgan fingerprint density at radius 2 is 2.05 bits per heavy atom. The number of carboxylic acid groups (broad SMARTS) is 1. The van der Waals surface area contributed by atoms with E-state index in [1.165, 1.54) is 25.7 Å². The number of hydrogen-bond acceptors (Lipinski definition) is 3. The highest BCUT2D eigenvalue weighted by Gasteiger charge is 2.46. The Hall–Kier alpha value is -0.610. The monoisotopic (exact) mass is 269 g/mol. The molecule has 0 aromatic rings. The van der Waals surface area contributed by atoms with E-state index in [1.54, 1.807) is 0 Å². The summed E-state index contributed by atoms with van der Waals surface area (Å²) in [5.41, 5.74) is -0.726. The molecule has 1 heterocycles. The van der Waals surface area contributed by atoms with Crippen LogP contribution in [0, 0.1) is 5.92 Å². The van der Waals surface area contributed by atoms with E-state index in [0.717, 1.165) is 25.8 Å². The van der Waals surface area contributed by atoms with Gasteiger partial charge in [0.25, 0.3) is 0 Å². The van der Waals surface area contributed by atoms with E-state index in [2.05, 4.69) is 0 Å². The Morgan fingerprint density at radius 1 is 1.37 bits per heavy atom. The number of aliphatic hydroxyl groups is 1. The normalized spacial score (nSPS) is 30.8. The molecule has 4 heteroatoms. The van der Waals surface area contributed by atoms with Gasteiger partial charge in [-0.05, 0) is 38.1 Å². The number of likely N-dealkylation sites (tertiary alicyclic amines) is 1. The third-order valence-corrected chi connectivity index (χ3v) is 5.12. The Kier molecular flexibility index (Phi) is 4.85. The van der Waals surface area contributed by atoms with Gasteiger partial charge in [0, 0.05) is 6.54 Å². The second kappa shape index (κ2) is 6.23. The van der Waals surface area contributed by atoms with Crippen molar-refractivity contribution in [1.82, 2.24) is 4.90 Å². The van der Waals surface area contributed by atoms with Crippen molar-refractivity contribution >= 4 is 5.97 Å². The lowest BCUT2D eigenvalue weighted by Gasteiger charge is -2.35. The standard InChI is InChI=1S/C15H27NO3/c1-2-15(14(18)19)8-5-9-16(15)11-13(17)10-12-6-3-4-7-12/h12-13,17H,2-11H2,1H3,(H,18,19). The molecule has 0 aromatic heterocycles. The molecular formula is C15H27NO3. The highest BCUT2D eigenvalue weighted by molar-refractivity contribution is 5.79. The number of β-amino-alcohol motifs (C(OH)–C–C–N with tert-alkyl or cyclic N) is 1. The van der Waals surface area contributed by atoms with Gasteiger partial charge in [0.1, 0.15) is 5.54 Å². The summed E-state index contributed by atoms with van der Waals surface area (Å²) in [6.07, 6.45) is 7.78. The fourth-order valence-corrected chi connectivity index (χ4v) is 3.95. The van der Waals surface area contributed by atoms with Crippen LogP contribution in [-0.4, -0.2) is 45.8 Å². The smallest absolute Gasteiger partial charge is 0.324 e. The van der Waals surface area contributed by atoms with E-state index in [1.807, 2.05) is 11.8 Å². The maximum absolute atomic E-state index is 11.6. The molecule has 2 atom stereocenters. The Labute approximate surface area is 115 Å². The van der Waals surface area contributed by atoms with Crippen LogP contribution in [0.3, 0.4) is 0 Å². The van der Waals surface area contributed by atoms with E-state index in [0.29, 0.717) is 18.9 Å². The minimum atomic E-state index is -0.726. The molecule has 2 aliphatic rings. The number of hydrogen-bond donors (Lipinski definition) is 2. The number of carboxylic acids is 1. The molecule has 0 spiro atoms. The van der Waals surface area contributed by atoms with Gasteiger partial charge >= 0.3 is 5.97 Å². The van der Waals surface area contributed by atoms with Gasteiger partial charge in [-0.2, -0.15) is 0 Å². The average molecular weight is 269 g/mol. The minimum absolute atomic E-state index is 0.369. The second-order valence-corrected chi connectivity index (χ2v) is 6.28. The van der Waals surface area contributed by atoms with Crippen LogP contribution in [-0.2, 0) is 4.79 Å². The first-order chi connectivity index (χ1) is 9.08. The first-order valence-corrected chi connectivity index (χ1v) is 7.75. The summed E-state index contributed by atoms with van der Waals surface area (Å²) in [7, 11) is 0. The molecule has 1 aliphatic heterocycles. The highest BCUT2D eigenvalue weighted by atomic mass is 16.4. The number of aliphatic hydroxyl groups excluding tert-OH is 1. The van der Waals surface area contributed by atoms with Crippen LogP contribution in [0.5, 0.6) is 0 Å². The molecule has 1 saturated carbocycles. The molecule has 110 valence electrons. The topological polar surface area (TPSA) is 60.8 Å². The van der Waals surface area contributed by atoms with E-state index >= 15 is 0 Å². The minimum Gasteiger partial charge on any atom is -0.480 e. The van der Waals surface area contributed by atoms with Crippen molar-refractivity contribution in [2.45, 2.75) is 69.9 Å². The lowest BCUT2D eigenvalue weighted by Crippen LogP contribution is -2.52. The van der Waals surface area contributed by atoms with Crippen molar-refractivity contribution in [1.29, 1.82) is 0 Å². The summed E-state index contributed by atoms with van der Waals surface area (Å²) in [6, 6.07) is 0. The maximum Gasteiger partial charge on any atom is 0.324 e. The molecule has 1 aliphatic carbocycles. The maximum atomic E-state index is 11.6. The number of carbonyl (C=O) groups is 1. The van der Waals surface area contributed by atoms with Crippen molar-refractivity contribution in [2.24, 2.45) is 5.92 Å². The zero-order chi connectivity index (χ0) is 13.9. The summed E-state index contributed by atoms with van der Waals surface area (Å²) in [4.78, 5) is 13.6. The molecule has 0 radical (unpaired) electrons. The van der Waals surface area contributed by atoms with Crippen molar-refractivity contribution in [3.63, 3.8) is 0 Å². The van der Waals surface area contributed by atoms with Gasteiger partial charge in [-0.15, -0.1) is 0 Å². The molecule has 19 heavy (non-hydrogen) atoms. The van der Waals surface area contributed by atoms with Crippen molar-refractivity contribution in [3.05, 3.63) is 0 Å². The molecule has 0 aromatic carbocycles. The van der Waals surface area contributed by atoms with E-state index in [-0.39, 0.29) is 6.10 Å². The number of aliphatic carboxylic acids is 1. The third-order valence-electron chi connectivity index (χ3n) is 5.12. The van der Waals surface area contributed by atoms with Crippen LogP contribution in [0.15, 0.2) is 0 Å². The van der Waals surface area contributed by atoms with Gasteiger partial charge in [-0.25, -0.2) is 0 Å². The fourth-order valence-electron chi connectivity index (χ4n) is 3.95. The van der Waals surface area contributed by atoms with Crippen LogP contribution < -0.4 is 0 Å². The lowest BCUT2D eigenvalue weighted by molar-refractivity contribution is -0.150. The van der Waals surface area contributed by atoms with Crippen molar-refractivity contribution < 1.29 is 15.0 Å². The zero-order valence-electron chi connectivity index (χ0n) is 12.0. The van der Waals surface area contributed by atoms with Crippen LogP contribution in [0.2, 0.25) is 0 Å². The molecular weight excluding hydrogens is 242 g/mol. The van der Waals surface area contributed by atoms with E-state index < -0.39 is 11.5 Å². The largest absolute Gasteiger partial charge is 0.480 e.